The maximum atomic E-state index is 12.6. The van der Waals surface area contributed by atoms with Crippen molar-refractivity contribution in [1.29, 1.82) is 0 Å². The number of alkyl halides is 3. The molecule has 5 nitrogen and oxygen atoms in total. The molecule has 1 N–H and O–H groups in total. The predicted octanol–water partition coefficient (Wildman–Crippen LogP) is 2.73. The van der Waals surface area contributed by atoms with Crippen LogP contribution in [0.5, 0.6) is 0 Å². The Morgan fingerprint density at radius 2 is 2.08 bits per heavy atom. The number of carbonyl (C=O) groups is 1. The largest absolute Gasteiger partial charge is 0.435 e. The molecule has 2 aromatic rings. The molecule has 0 saturated heterocycles. The Morgan fingerprint density at radius 3 is 2.67 bits per heavy atom. The average Bonchev–Trinajstić information content (AvgIpc) is 3.02. The number of aliphatic hydroxyl groups is 1. The van der Waals surface area contributed by atoms with Gasteiger partial charge in [0, 0.05) is 25.4 Å². The first-order chi connectivity index (χ1) is 11.2. The molecule has 2 rings (SSSR count). The Labute approximate surface area is 137 Å². The minimum absolute atomic E-state index is 0.277. The highest BCUT2D eigenvalue weighted by atomic mass is 19.4. The van der Waals surface area contributed by atoms with Gasteiger partial charge in [0.05, 0.1) is 11.8 Å². The van der Waals surface area contributed by atoms with Crippen LogP contribution in [0.25, 0.3) is 5.69 Å². The van der Waals surface area contributed by atoms with E-state index in [4.69, 9.17) is 0 Å². The van der Waals surface area contributed by atoms with Gasteiger partial charge < -0.3 is 10.0 Å². The van der Waals surface area contributed by atoms with Gasteiger partial charge in [-0.1, -0.05) is 6.07 Å². The SMILES string of the molecule is CC(O)CCN(C)C(=O)c1cccc(-n2ccc(C(F)(F)F)n2)c1. The van der Waals surface area contributed by atoms with Crippen LogP contribution in [0.15, 0.2) is 36.5 Å². The van der Waals surface area contributed by atoms with Gasteiger partial charge in [-0.05, 0) is 37.6 Å². The third-order valence-electron chi connectivity index (χ3n) is 3.47. The van der Waals surface area contributed by atoms with Crippen molar-refractivity contribution >= 4 is 5.91 Å². The first kappa shape index (κ1) is 18.0. The third-order valence-corrected chi connectivity index (χ3v) is 3.47. The molecular formula is C16H18F3N3O2. The fraction of sp³-hybridized carbons (Fsp3) is 0.375. The smallest absolute Gasteiger partial charge is 0.393 e. The van der Waals surface area contributed by atoms with Crippen molar-refractivity contribution in [3.05, 3.63) is 47.8 Å². The van der Waals surface area contributed by atoms with E-state index < -0.39 is 18.0 Å². The first-order valence-electron chi connectivity index (χ1n) is 7.35. The highest BCUT2D eigenvalue weighted by Gasteiger charge is 2.33. The summed E-state index contributed by atoms with van der Waals surface area (Å²) in [5.41, 5.74) is -0.293. The molecule has 0 aliphatic rings. The molecule has 1 aromatic heterocycles. The molecule has 1 aromatic carbocycles. The van der Waals surface area contributed by atoms with Crippen LogP contribution in [-0.4, -0.2) is 45.4 Å². The number of halogens is 3. The number of hydrogen-bond donors (Lipinski definition) is 1. The molecule has 8 heteroatoms. The number of carbonyl (C=O) groups excluding carboxylic acids is 1. The topological polar surface area (TPSA) is 58.4 Å². The first-order valence-corrected chi connectivity index (χ1v) is 7.35. The van der Waals surface area contributed by atoms with Crippen molar-refractivity contribution in [3.63, 3.8) is 0 Å². The summed E-state index contributed by atoms with van der Waals surface area (Å²) < 4.78 is 38.9. The normalized spacial score (nSPS) is 12.9. The standard InChI is InChI=1S/C16H18F3N3O2/c1-11(23)6-8-21(2)15(24)12-4-3-5-13(10-12)22-9-7-14(20-22)16(17,18)19/h3-5,7,9-11,23H,6,8H2,1-2H3. The lowest BCUT2D eigenvalue weighted by Gasteiger charge is -2.18. The van der Waals surface area contributed by atoms with Crippen molar-refractivity contribution in [3.8, 4) is 5.69 Å². The highest BCUT2D eigenvalue weighted by Crippen LogP contribution is 2.28. The van der Waals surface area contributed by atoms with Crippen LogP contribution in [-0.2, 0) is 6.18 Å². The summed E-state index contributed by atoms with van der Waals surface area (Å²) in [5.74, 6) is -0.277. The molecule has 130 valence electrons. The summed E-state index contributed by atoms with van der Waals surface area (Å²) >= 11 is 0. The van der Waals surface area contributed by atoms with E-state index in [0.29, 0.717) is 24.2 Å². The lowest BCUT2D eigenvalue weighted by Crippen LogP contribution is -2.29. The van der Waals surface area contributed by atoms with Crippen molar-refractivity contribution < 1.29 is 23.1 Å². The minimum atomic E-state index is -4.51. The van der Waals surface area contributed by atoms with Crippen molar-refractivity contribution in [2.75, 3.05) is 13.6 Å². The average molecular weight is 341 g/mol. The highest BCUT2D eigenvalue weighted by molar-refractivity contribution is 5.94. The van der Waals surface area contributed by atoms with Gasteiger partial charge in [-0.15, -0.1) is 0 Å². The maximum Gasteiger partial charge on any atom is 0.435 e. The quantitative estimate of drug-likeness (QED) is 0.910. The Morgan fingerprint density at radius 1 is 1.38 bits per heavy atom. The number of hydrogen-bond acceptors (Lipinski definition) is 3. The van der Waals surface area contributed by atoms with Gasteiger partial charge in [-0.3, -0.25) is 4.79 Å². The summed E-state index contributed by atoms with van der Waals surface area (Å²) in [6.45, 7) is 2.01. The lowest BCUT2D eigenvalue weighted by atomic mass is 10.1. The van der Waals surface area contributed by atoms with Crippen LogP contribution in [0, 0.1) is 0 Å². The van der Waals surface area contributed by atoms with Gasteiger partial charge in [0.15, 0.2) is 5.69 Å². The van der Waals surface area contributed by atoms with Gasteiger partial charge >= 0.3 is 6.18 Å². The molecule has 1 atom stereocenters. The second-order valence-corrected chi connectivity index (χ2v) is 5.56. The summed E-state index contributed by atoms with van der Waals surface area (Å²) in [5, 5.41) is 12.8. The van der Waals surface area contributed by atoms with E-state index in [9.17, 15) is 23.1 Å². The fourth-order valence-electron chi connectivity index (χ4n) is 2.10. The van der Waals surface area contributed by atoms with Crippen molar-refractivity contribution in [2.45, 2.75) is 25.6 Å². The summed E-state index contributed by atoms with van der Waals surface area (Å²) in [6, 6.07) is 7.09. The number of benzene rings is 1. The Bertz CT molecular complexity index is 711. The van der Waals surface area contributed by atoms with E-state index in [-0.39, 0.29) is 5.91 Å². The van der Waals surface area contributed by atoms with Crippen LogP contribution in [0.3, 0.4) is 0 Å². The van der Waals surface area contributed by atoms with Crippen molar-refractivity contribution in [1.82, 2.24) is 14.7 Å². The predicted molar refractivity (Wildman–Crippen MR) is 81.8 cm³/mol. The fourth-order valence-corrected chi connectivity index (χ4v) is 2.10. The molecule has 0 saturated carbocycles. The van der Waals surface area contributed by atoms with Gasteiger partial charge in [0.1, 0.15) is 0 Å². The van der Waals surface area contributed by atoms with Gasteiger partial charge in [-0.2, -0.15) is 18.3 Å². The third kappa shape index (κ3) is 4.35. The maximum absolute atomic E-state index is 12.6. The molecular weight excluding hydrogens is 323 g/mol. The van der Waals surface area contributed by atoms with Crippen molar-refractivity contribution in [2.24, 2.45) is 0 Å². The monoisotopic (exact) mass is 341 g/mol. The summed E-state index contributed by atoms with van der Waals surface area (Å²) in [6.07, 6.45) is -3.39. The number of aromatic nitrogens is 2. The van der Waals surface area contributed by atoms with Gasteiger partial charge in [0.25, 0.3) is 5.91 Å². The zero-order valence-electron chi connectivity index (χ0n) is 13.3. The van der Waals surface area contributed by atoms with E-state index in [1.807, 2.05) is 0 Å². The molecule has 0 spiro atoms. The second-order valence-electron chi connectivity index (χ2n) is 5.56. The zero-order chi connectivity index (χ0) is 17.9. The molecule has 24 heavy (non-hydrogen) atoms. The Balaban J connectivity index is 2.19. The van der Waals surface area contributed by atoms with E-state index >= 15 is 0 Å². The molecule has 1 unspecified atom stereocenters. The lowest BCUT2D eigenvalue weighted by molar-refractivity contribution is -0.141. The van der Waals surface area contributed by atoms with Crippen LogP contribution in [0.1, 0.15) is 29.4 Å². The van der Waals surface area contributed by atoms with Crippen LogP contribution >= 0.6 is 0 Å². The second kappa shape index (κ2) is 7.04. The van der Waals surface area contributed by atoms with E-state index in [2.05, 4.69) is 5.10 Å². The molecule has 1 amide bonds. The van der Waals surface area contributed by atoms with Gasteiger partial charge in [-0.25, -0.2) is 4.68 Å². The minimum Gasteiger partial charge on any atom is -0.393 e. The summed E-state index contributed by atoms with van der Waals surface area (Å²) in [4.78, 5) is 13.8. The molecule has 0 fully saturated rings. The van der Waals surface area contributed by atoms with Crippen LogP contribution < -0.4 is 0 Å². The zero-order valence-corrected chi connectivity index (χ0v) is 13.3. The molecule has 0 aliphatic heterocycles. The van der Waals surface area contributed by atoms with E-state index in [1.165, 1.54) is 17.2 Å². The van der Waals surface area contributed by atoms with Crippen LogP contribution in [0.2, 0.25) is 0 Å². The molecule has 0 aliphatic carbocycles. The Hall–Kier alpha value is -2.35. The number of nitrogens with zero attached hydrogens (tertiary/aromatic N) is 3. The number of rotatable bonds is 5. The van der Waals surface area contributed by atoms with E-state index in [0.717, 1.165) is 10.7 Å². The number of aliphatic hydroxyl groups excluding tert-OH is 1. The van der Waals surface area contributed by atoms with Crippen LogP contribution in [0.4, 0.5) is 13.2 Å². The number of amides is 1. The Kier molecular flexibility index (Phi) is 5.28. The molecule has 0 radical (unpaired) electrons. The molecule has 0 bridgehead atoms. The summed E-state index contributed by atoms with van der Waals surface area (Å²) in [7, 11) is 1.60. The van der Waals surface area contributed by atoms with Gasteiger partial charge in [0.2, 0.25) is 0 Å². The van der Waals surface area contributed by atoms with E-state index in [1.54, 1.807) is 32.2 Å². The molecule has 1 heterocycles.